The molecule has 5 aromatic rings. The van der Waals surface area contributed by atoms with Crippen LogP contribution in [0.1, 0.15) is 35.7 Å². The van der Waals surface area contributed by atoms with E-state index in [4.69, 9.17) is 21.6 Å². The largest absolute Gasteiger partial charge is 0.421 e. The maximum Gasteiger partial charge on any atom is 0.321 e. The summed E-state index contributed by atoms with van der Waals surface area (Å²) >= 11 is 0. The lowest BCUT2D eigenvalue weighted by Gasteiger charge is -2.14. The Morgan fingerprint density at radius 1 is 0.980 bits per heavy atom. The van der Waals surface area contributed by atoms with Crippen LogP contribution >= 0.6 is 0 Å². The van der Waals surface area contributed by atoms with E-state index in [-0.39, 0.29) is 53.9 Å². The van der Waals surface area contributed by atoms with Crippen molar-refractivity contribution in [2.45, 2.75) is 32.2 Å². The van der Waals surface area contributed by atoms with Gasteiger partial charge in [0.15, 0.2) is 29.0 Å². The molecule has 0 saturated heterocycles. The first-order valence-corrected chi connectivity index (χ1v) is 15.7. The summed E-state index contributed by atoms with van der Waals surface area (Å²) in [6, 6.07) is 8.62. The highest BCUT2D eigenvalue weighted by Crippen LogP contribution is 2.33. The molecule has 0 aliphatic carbocycles. The zero-order valence-electron chi connectivity index (χ0n) is 27.0. The number of aromatic nitrogens is 5. The molecule has 50 heavy (non-hydrogen) atoms. The fourth-order valence-electron chi connectivity index (χ4n) is 5.04. The maximum absolute atomic E-state index is 15.3. The molecule has 1 atom stereocenters. The van der Waals surface area contributed by atoms with Crippen molar-refractivity contribution in [2.75, 3.05) is 25.0 Å². The molecule has 17 heteroatoms. The van der Waals surface area contributed by atoms with E-state index in [0.717, 1.165) is 5.56 Å². The summed E-state index contributed by atoms with van der Waals surface area (Å²) in [5.74, 6) is -3.12. The van der Waals surface area contributed by atoms with Crippen molar-refractivity contribution in [3.05, 3.63) is 90.1 Å². The smallest absolute Gasteiger partial charge is 0.321 e. The number of imidazole rings is 1. The van der Waals surface area contributed by atoms with E-state index in [1.807, 2.05) is 13.0 Å². The molecule has 3 aromatic heterocycles. The van der Waals surface area contributed by atoms with E-state index in [0.29, 0.717) is 48.5 Å². The van der Waals surface area contributed by atoms with Crippen molar-refractivity contribution in [2.24, 2.45) is 11.5 Å². The number of amides is 2. The summed E-state index contributed by atoms with van der Waals surface area (Å²) in [6.45, 7) is 2.76. The number of rotatable bonds is 15. The molecular weight excluding hydrogens is 650 g/mol. The number of carbonyl (C=O) groups is 2. The van der Waals surface area contributed by atoms with Crippen molar-refractivity contribution >= 4 is 34.9 Å². The number of hydrogen-bond donors (Lipinski definition) is 7. The number of guanidine groups is 1. The van der Waals surface area contributed by atoms with E-state index in [1.54, 1.807) is 28.8 Å². The predicted octanol–water partition coefficient (Wildman–Crippen LogP) is 3.00. The molecule has 0 fully saturated rings. The van der Waals surface area contributed by atoms with Crippen LogP contribution in [0.3, 0.4) is 0 Å². The lowest BCUT2D eigenvalue weighted by atomic mass is 10.0. The normalized spacial score (nSPS) is 11.5. The maximum atomic E-state index is 15.3. The highest BCUT2D eigenvalue weighted by Gasteiger charge is 2.21. The molecule has 0 radical (unpaired) electrons. The predicted molar refractivity (Wildman–Crippen MR) is 182 cm³/mol. The van der Waals surface area contributed by atoms with E-state index in [1.165, 1.54) is 36.9 Å². The van der Waals surface area contributed by atoms with Crippen molar-refractivity contribution in [1.29, 1.82) is 5.41 Å². The number of ether oxygens (including phenoxy) is 1. The number of halogens is 2. The molecule has 0 saturated carbocycles. The number of benzene rings is 2. The number of nitrogens with two attached hydrogens (primary N) is 2. The van der Waals surface area contributed by atoms with Crippen LogP contribution in [0.2, 0.25) is 0 Å². The highest BCUT2D eigenvalue weighted by molar-refractivity contribution is 5.96. The Kier molecular flexibility index (Phi) is 11.4. The van der Waals surface area contributed by atoms with Gasteiger partial charge in [0, 0.05) is 61.2 Å². The summed E-state index contributed by atoms with van der Waals surface area (Å²) in [4.78, 5) is 41.8. The number of fused-ring (bicyclic) bond motifs is 1. The van der Waals surface area contributed by atoms with Crippen LogP contribution in [-0.4, -0.2) is 67.8 Å². The molecule has 3 heterocycles. The van der Waals surface area contributed by atoms with Crippen LogP contribution in [-0.2, 0) is 11.2 Å². The number of nitrogens with zero attached hydrogens (tertiary/aromatic N) is 5. The van der Waals surface area contributed by atoms with E-state index < -0.39 is 17.7 Å². The summed E-state index contributed by atoms with van der Waals surface area (Å²) < 4.78 is 37.2. The molecule has 0 spiro atoms. The third-order valence-electron chi connectivity index (χ3n) is 7.54. The number of aryl methyl sites for hydroxylation is 1. The van der Waals surface area contributed by atoms with Crippen LogP contribution in [0, 0.1) is 17.0 Å². The molecule has 15 nitrogen and oxygen atoms in total. The molecule has 2 aromatic carbocycles. The lowest BCUT2D eigenvalue weighted by Crippen LogP contribution is -2.44. The molecule has 0 aliphatic rings. The van der Waals surface area contributed by atoms with Gasteiger partial charge in [-0.1, -0.05) is 6.92 Å². The molecule has 9 N–H and O–H groups in total. The molecular formula is C33H36F2N12O3. The van der Waals surface area contributed by atoms with Gasteiger partial charge in [-0.2, -0.15) is 4.39 Å². The first kappa shape index (κ1) is 35.1. The average Bonchev–Trinajstić information content (AvgIpc) is 3.55. The quantitative estimate of drug-likeness (QED) is 0.0482. The van der Waals surface area contributed by atoms with Crippen molar-refractivity contribution < 1.29 is 23.1 Å². The Morgan fingerprint density at radius 2 is 1.76 bits per heavy atom. The van der Waals surface area contributed by atoms with Gasteiger partial charge in [0.2, 0.25) is 11.7 Å². The SMILES string of the molecule is CCc1cc(Nc2nccn3c(-c4ccc(Oc5ncccn5)c(F)c4F)cnc23)ccc1C(=O)NCCNC(=O)[C@H](N)CCCNC(=N)N. The van der Waals surface area contributed by atoms with Crippen molar-refractivity contribution in [3.8, 4) is 23.0 Å². The number of hydrogen-bond acceptors (Lipinski definition) is 10. The standard InChI is InChI=1S/C33H36F2N12O3/c1-2-19-17-20(6-7-21(19)30(48)40-13-14-41-31(49)23(36)5-3-10-42-32(37)38)46-28-29-45-18-24(47(29)16-15-39-28)22-8-9-25(27(35)26(22)34)50-33-43-11-4-12-44-33/h4,6-9,11-12,15-18,23H,2-3,5,10,13-14,36H2,1H3,(H,39,46)(H,40,48)(H,41,49)(H4,37,38,42)/t23-/m1/s1. The third-order valence-corrected chi connectivity index (χ3v) is 7.54. The van der Waals surface area contributed by atoms with Crippen LogP contribution in [0.15, 0.2) is 67.4 Å². The molecule has 0 aliphatic heterocycles. The topological polar surface area (TPSA) is 223 Å². The molecule has 0 bridgehead atoms. The number of anilines is 2. The van der Waals surface area contributed by atoms with Gasteiger partial charge in [-0.15, -0.1) is 0 Å². The minimum Gasteiger partial charge on any atom is -0.421 e. The van der Waals surface area contributed by atoms with Gasteiger partial charge in [0.25, 0.3) is 5.91 Å². The van der Waals surface area contributed by atoms with Crippen molar-refractivity contribution in [1.82, 2.24) is 40.3 Å². The Bertz CT molecular complexity index is 1990. The van der Waals surface area contributed by atoms with Gasteiger partial charge < -0.3 is 37.5 Å². The highest BCUT2D eigenvalue weighted by atomic mass is 19.2. The first-order valence-electron chi connectivity index (χ1n) is 15.7. The van der Waals surface area contributed by atoms with Gasteiger partial charge in [-0.3, -0.25) is 19.4 Å². The van der Waals surface area contributed by atoms with Crippen LogP contribution in [0.5, 0.6) is 11.8 Å². The first-order chi connectivity index (χ1) is 24.2. The zero-order valence-corrected chi connectivity index (χ0v) is 27.0. The Hall–Kier alpha value is -6.23. The average molecular weight is 687 g/mol. The second kappa shape index (κ2) is 16.2. The number of nitrogens with one attached hydrogen (secondary N) is 5. The van der Waals surface area contributed by atoms with Crippen LogP contribution < -0.4 is 37.5 Å². The number of carbonyl (C=O) groups excluding carboxylic acids is 2. The minimum atomic E-state index is -1.20. The fourth-order valence-corrected chi connectivity index (χ4v) is 5.04. The molecule has 260 valence electrons. The summed E-state index contributed by atoms with van der Waals surface area (Å²) in [5, 5.41) is 18.5. The minimum absolute atomic E-state index is 0.0433. The fraction of sp³-hybridized carbons (Fsp3) is 0.242. The summed E-state index contributed by atoms with van der Waals surface area (Å²) in [7, 11) is 0. The Morgan fingerprint density at radius 3 is 2.52 bits per heavy atom. The van der Waals surface area contributed by atoms with E-state index in [2.05, 4.69) is 41.2 Å². The summed E-state index contributed by atoms with van der Waals surface area (Å²) in [6.07, 6.45) is 8.87. The van der Waals surface area contributed by atoms with Crippen molar-refractivity contribution in [3.63, 3.8) is 0 Å². The molecule has 2 amide bonds. The van der Waals surface area contributed by atoms with Crippen LogP contribution in [0.4, 0.5) is 20.3 Å². The van der Waals surface area contributed by atoms with Gasteiger partial charge in [0.05, 0.1) is 17.9 Å². The van der Waals surface area contributed by atoms with E-state index >= 15 is 8.78 Å². The summed E-state index contributed by atoms with van der Waals surface area (Å²) in [5.41, 5.74) is 13.6. The van der Waals surface area contributed by atoms with Gasteiger partial charge in [0.1, 0.15) is 0 Å². The second-order valence-electron chi connectivity index (χ2n) is 11.0. The monoisotopic (exact) mass is 686 g/mol. The molecule has 5 rings (SSSR count). The lowest BCUT2D eigenvalue weighted by molar-refractivity contribution is -0.122. The Labute approximate surface area is 285 Å². The third kappa shape index (κ3) is 8.43. The van der Waals surface area contributed by atoms with Gasteiger partial charge in [-0.05, 0) is 61.2 Å². The van der Waals surface area contributed by atoms with E-state index in [9.17, 15) is 9.59 Å². The molecule has 0 unspecified atom stereocenters. The zero-order chi connectivity index (χ0) is 35.6. The van der Waals surface area contributed by atoms with Crippen LogP contribution in [0.25, 0.3) is 16.9 Å². The Balaban J connectivity index is 1.22. The second-order valence-corrected chi connectivity index (χ2v) is 11.0. The van der Waals surface area contributed by atoms with Gasteiger partial charge >= 0.3 is 6.01 Å². The van der Waals surface area contributed by atoms with Gasteiger partial charge in [-0.25, -0.2) is 24.3 Å².